The summed E-state index contributed by atoms with van der Waals surface area (Å²) in [6, 6.07) is 6.35. The third kappa shape index (κ3) is 4.22. The van der Waals surface area contributed by atoms with Crippen LogP contribution in [0.4, 0.5) is 0 Å². The van der Waals surface area contributed by atoms with Crippen molar-refractivity contribution in [3.63, 3.8) is 0 Å². The Morgan fingerprint density at radius 3 is 2.59 bits per heavy atom. The molecule has 0 atom stereocenters. The van der Waals surface area contributed by atoms with Crippen LogP contribution in [0.15, 0.2) is 29.3 Å². The molecule has 0 aliphatic heterocycles. The van der Waals surface area contributed by atoms with Crippen LogP contribution >= 0.6 is 0 Å². The van der Waals surface area contributed by atoms with Gasteiger partial charge in [0.25, 0.3) is 0 Å². The summed E-state index contributed by atoms with van der Waals surface area (Å²) in [6.45, 7) is 3.58. The molecule has 8 heteroatoms. The van der Waals surface area contributed by atoms with Crippen LogP contribution in [0.3, 0.4) is 0 Å². The number of rotatable bonds is 6. The van der Waals surface area contributed by atoms with Gasteiger partial charge in [-0.15, -0.1) is 0 Å². The van der Waals surface area contributed by atoms with Crippen molar-refractivity contribution >= 4 is 16.0 Å². The number of aromatic nitrogens is 2. The van der Waals surface area contributed by atoms with Gasteiger partial charge in [0.15, 0.2) is 5.69 Å². The predicted molar refractivity (Wildman–Crippen MR) is 101 cm³/mol. The number of hydrogen-bond donors (Lipinski definition) is 2. The van der Waals surface area contributed by atoms with E-state index in [0.29, 0.717) is 6.42 Å². The third-order valence-corrected chi connectivity index (χ3v) is 6.57. The highest BCUT2D eigenvalue weighted by atomic mass is 32.2. The zero-order chi connectivity index (χ0) is 19.8. The number of fused-ring (bicyclic) bond motifs is 1. The van der Waals surface area contributed by atoms with Crippen molar-refractivity contribution in [1.29, 1.82) is 0 Å². The molecule has 0 spiro atoms. The average molecular weight is 391 g/mol. The summed E-state index contributed by atoms with van der Waals surface area (Å²) >= 11 is 0. The van der Waals surface area contributed by atoms with E-state index in [1.165, 1.54) is 31.0 Å². The molecule has 0 saturated heterocycles. The fourth-order valence-electron chi connectivity index (χ4n) is 3.72. The summed E-state index contributed by atoms with van der Waals surface area (Å²) in [4.78, 5) is 11.1. The van der Waals surface area contributed by atoms with Crippen LogP contribution in [-0.4, -0.2) is 34.8 Å². The van der Waals surface area contributed by atoms with Crippen LogP contribution in [0.5, 0.6) is 0 Å². The highest BCUT2D eigenvalue weighted by Crippen LogP contribution is 2.25. The van der Waals surface area contributed by atoms with Gasteiger partial charge in [-0.1, -0.05) is 18.2 Å². The van der Waals surface area contributed by atoms with E-state index >= 15 is 0 Å². The fraction of sp³-hybridized carbons (Fsp3) is 0.474. The molecule has 0 bridgehead atoms. The molecule has 1 aromatic carbocycles. The zero-order valence-corrected chi connectivity index (χ0v) is 16.6. The van der Waals surface area contributed by atoms with E-state index in [1.54, 1.807) is 13.8 Å². The lowest BCUT2D eigenvalue weighted by molar-refractivity contribution is 0.0680. The van der Waals surface area contributed by atoms with E-state index in [2.05, 4.69) is 22.0 Å². The number of nitrogens with zero attached hydrogens (tertiary/aromatic N) is 2. The molecule has 0 saturated carbocycles. The first-order valence-corrected chi connectivity index (χ1v) is 10.5. The van der Waals surface area contributed by atoms with Crippen molar-refractivity contribution in [3.8, 4) is 0 Å². The first kappa shape index (κ1) is 19.6. The lowest BCUT2D eigenvalue weighted by Gasteiger charge is -2.27. The Bertz CT molecular complexity index is 977. The van der Waals surface area contributed by atoms with Crippen molar-refractivity contribution in [2.45, 2.75) is 56.4 Å². The van der Waals surface area contributed by atoms with Gasteiger partial charge in [-0.05, 0) is 62.6 Å². The molecule has 27 heavy (non-hydrogen) atoms. The van der Waals surface area contributed by atoms with Crippen LogP contribution in [0.1, 0.15) is 53.9 Å². The average Bonchev–Trinajstić information content (AvgIpc) is 2.96. The van der Waals surface area contributed by atoms with Gasteiger partial charge >= 0.3 is 5.97 Å². The third-order valence-electron chi connectivity index (χ3n) is 4.87. The van der Waals surface area contributed by atoms with Crippen LogP contribution in [-0.2, 0) is 36.3 Å². The predicted octanol–water partition coefficient (Wildman–Crippen LogP) is 2.30. The molecule has 0 unspecified atom stereocenters. The number of aryl methyl sites for hydroxylation is 3. The molecule has 7 nitrogen and oxygen atoms in total. The minimum atomic E-state index is -4.02. The summed E-state index contributed by atoms with van der Waals surface area (Å²) in [5.74, 6) is -1.33. The maximum absolute atomic E-state index is 12.8. The van der Waals surface area contributed by atoms with Gasteiger partial charge < -0.3 is 5.11 Å². The molecule has 146 valence electrons. The second-order valence-corrected chi connectivity index (χ2v) is 9.41. The van der Waals surface area contributed by atoms with E-state index in [0.717, 1.165) is 29.3 Å². The maximum atomic E-state index is 12.8. The quantitative estimate of drug-likeness (QED) is 0.787. The van der Waals surface area contributed by atoms with Crippen LogP contribution in [0, 0.1) is 0 Å². The Hall–Kier alpha value is -2.19. The van der Waals surface area contributed by atoms with E-state index < -0.39 is 21.5 Å². The second kappa shape index (κ2) is 7.09. The lowest BCUT2D eigenvalue weighted by atomic mass is 9.87. The number of sulfonamides is 1. The summed E-state index contributed by atoms with van der Waals surface area (Å²) in [5.41, 5.74) is 2.65. The fourth-order valence-corrected chi connectivity index (χ4v) is 5.29. The molecule has 3 rings (SSSR count). The van der Waals surface area contributed by atoms with Crippen molar-refractivity contribution in [3.05, 3.63) is 46.8 Å². The standard InChI is InChI=1S/C19H25N3O4S/c1-19(2,11-13-8-9-14-6-4-5-7-15(14)10-13)21-27(25,26)16-12-20-22(3)17(16)18(23)24/h8-10,12,21H,4-7,11H2,1-3H3,(H,23,24). The van der Waals surface area contributed by atoms with Gasteiger partial charge in [-0.25, -0.2) is 17.9 Å². The summed E-state index contributed by atoms with van der Waals surface area (Å²) in [7, 11) is -2.62. The molecule has 1 aromatic heterocycles. The second-order valence-electron chi connectivity index (χ2n) is 7.76. The normalized spacial score (nSPS) is 14.8. The number of aromatic carboxylic acids is 1. The van der Waals surface area contributed by atoms with E-state index in [9.17, 15) is 18.3 Å². The van der Waals surface area contributed by atoms with Gasteiger partial charge in [0, 0.05) is 12.6 Å². The summed E-state index contributed by atoms with van der Waals surface area (Å²) in [5, 5.41) is 13.1. The number of nitrogens with one attached hydrogen (secondary N) is 1. The van der Waals surface area contributed by atoms with E-state index in [-0.39, 0.29) is 10.6 Å². The van der Waals surface area contributed by atoms with Crippen molar-refractivity contribution in [2.75, 3.05) is 0 Å². The number of carboxylic acids is 1. The lowest BCUT2D eigenvalue weighted by Crippen LogP contribution is -2.45. The molecular weight excluding hydrogens is 366 g/mol. The first-order chi connectivity index (χ1) is 12.6. The Kier molecular flexibility index (Phi) is 5.14. The molecule has 2 aromatic rings. The largest absolute Gasteiger partial charge is 0.476 e. The molecule has 1 heterocycles. The molecular formula is C19H25N3O4S. The highest BCUT2D eigenvalue weighted by Gasteiger charge is 2.32. The molecule has 0 fully saturated rings. The smallest absolute Gasteiger partial charge is 0.355 e. The summed E-state index contributed by atoms with van der Waals surface area (Å²) in [6.07, 6.45) is 6.14. The molecule has 1 aliphatic carbocycles. The molecule has 0 amide bonds. The monoisotopic (exact) mass is 391 g/mol. The zero-order valence-electron chi connectivity index (χ0n) is 15.8. The Morgan fingerprint density at radius 2 is 1.93 bits per heavy atom. The Labute approximate surface area is 159 Å². The number of benzene rings is 1. The van der Waals surface area contributed by atoms with Gasteiger partial charge in [0.1, 0.15) is 4.90 Å². The van der Waals surface area contributed by atoms with Crippen molar-refractivity contribution < 1.29 is 18.3 Å². The van der Waals surface area contributed by atoms with Gasteiger partial charge in [-0.2, -0.15) is 5.10 Å². The topological polar surface area (TPSA) is 101 Å². The molecule has 2 N–H and O–H groups in total. The number of carboxylic acid groups (broad SMARTS) is 1. The van der Waals surface area contributed by atoms with E-state index in [4.69, 9.17) is 0 Å². The minimum absolute atomic E-state index is 0.323. The summed E-state index contributed by atoms with van der Waals surface area (Å²) < 4.78 is 29.3. The SMILES string of the molecule is Cn1ncc(S(=O)(=O)NC(C)(C)Cc2ccc3c(c2)CCCC3)c1C(=O)O. The molecule has 1 aliphatic rings. The Morgan fingerprint density at radius 1 is 1.26 bits per heavy atom. The van der Waals surface area contributed by atoms with Crippen LogP contribution in [0.25, 0.3) is 0 Å². The van der Waals surface area contributed by atoms with Gasteiger partial charge in [0.2, 0.25) is 10.0 Å². The van der Waals surface area contributed by atoms with Crippen molar-refractivity contribution in [2.24, 2.45) is 7.05 Å². The first-order valence-electron chi connectivity index (χ1n) is 8.99. The Balaban J connectivity index is 1.82. The van der Waals surface area contributed by atoms with Crippen molar-refractivity contribution in [1.82, 2.24) is 14.5 Å². The maximum Gasteiger partial charge on any atom is 0.355 e. The number of carbonyl (C=O) groups is 1. The van der Waals surface area contributed by atoms with Gasteiger partial charge in [0.05, 0.1) is 6.20 Å². The minimum Gasteiger partial charge on any atom is -0.476 e. The van der Waals surface area contributed by atoms with E-state index in [1.807, 2.05) is 6.07 Å². The molecule has 0 radical (unpaired) electrons. The highest BCUT2D eigenvalue weighted by molar-refractivity contribution is 7.89. The number of hydrogen-bond acceptors (Lipinski definition) is 4. The van der Waals surface area contributed by atoms with Crippen LogP contribution < -0.4 is 4.72 Å². The van der Waals surface area contributed by atoms with Gasteiger partial charge in [-0.3, -0.25) is 4.68 Å². The van der Waals surface area contributed by atoms with Crippen LogP contribution in [0.2, 0.25) is 0 Å².